The number of carbonyl (C=O) groups is 1. The van der Waals surface area contributed by atoms with Crippen molar-refractivity contribution in [3.8, 4) is 5.75 Å². The highest BCUT2D eigenvalue weighted by atomic mass is 19.4. The maximum absolute atomic E-state index is 13.1. The van der Waals surface area contributed by atoms with Gasteiger partial charge in [0.15, 0.2) is 0 Å². The Kier molecular flexibility index (Phi) is 8.79. The summed E-state index contributed by atoms with van der Waals surface area (Å²) in [7, 11) is 0. The fourth-order valence-electron chi connectivity index (χ4n) is 6.48. The van der Waals surface area contributed by atoms with Gasteiger partial charge in [-0.1, -0.05) is 0 Å². The maximum Gasteiger partial charge on any atom is 0.416 e. The van der Waals surface area contributed by atoms with Gasteiger partial charge >= 0.3 is 6.18 Å². The van der Waals surface area contributed by atoms with E-state index in [4.69, 9.17) is 4.74 Å². The summed E-state index contributed by atoms with van der Waals surface area (Å²) in [6.45, 7) is 3.12. The van der Waals surface area contributed by atoms with Gasteiger partial charge in [-0.3, -0.25) is 9.69 Å². The maximum atomic E-state index is 13.1. The van der Waals surface area contributed by atoms with E-state index in [0.717, 1.165) is 63.5 Å². The number of amides is 1. The first-order valence-corrected chi connectivity index (χ1v) is 13.2. The molecule has 0 bridgehead atoms. The number of nitrogens with one attached hydrogen (secondary N) is 1. The Balaban J connectivity index is 1.26. The predicted octanol–water partition coefficient (Wildman–Crippen LogP) is 6.15. The molecule has 5 unspecified atom stereocenters. The number of ether oxygens (including phenoxy) is 1. The second-order valence-electron chi connectivity index (χ2n) is 10.9. The molecule has 2 aliphatic carbocycles. The quantitative estimate of drug-likeness (QED) is 0.442. The molecule has 5 atom stereocenters. The first-order valence-electron chi connectivity index (χ1n) is 13.2. The van der Waals surface area contributed by atoms with Gasteiger partial charge in [-0.15, -0.1) is 0 Å². The molecule has 4 nitrogen and oxygen atoms in total. The lowest BCUT2D eigenvalue weighted by atomic mass is 9.66. The molecule has 0 radical (unpaired) electrons. The van der Waals surface area contributed by atoms with E-state index in [2.05, 4.69) is 5.32 Å². The molecule has 3 aliphatic rings. The number of piperidine rings is 1. The van der Waals surface area contributed by atoms with E-state index in [1.807, 2.05) is 6.92 Å². The van der Waals surface area contributed by atoms with Gasteiger partial charge in [0.25, 0.3) is 6.43 Å². The fraction of sp³-hybridized carbons (Fsp3) is 0.741. The SMILES string of the molecule is CC(NC(=O)C1CCC2C(CCCC2Oc2ccc(C(F)(F)F)cc2)C1)C1CCN(CC(F)F)CC1. The molecule has 1 saturated heterocycles. The monoisotopic (exact) mass is 516 g/mol. The Labute approximate surface area is 209 Å². The number of fused-ring (bicyclic) bond motifs is 1. The second-order valence-corrected chi connectivity index (χ2v) is 10.9. The van der Waals surface area contributed by atoms with Gasteiger partial charge in [0, 0.05) is 12.0 Å². The van der Waals surface area contributed by atoms with E-state index < -0.39 is 18.2 Å². The summed E-state index contributed by atoms with van der Waals surface area (Å²) < 4.78 is 69.9. The first kappa shape index (κ1) is 27.1. The van der Waals surface area contributed by atoms with Gasteiger partial charge in [-0.25, -0.2) is 8.78 Å². The molecule has 1 aromatic rings. The summed E-state index contributed by atoms with van der Waals surface area (Å²) in [5, 5.41) is 3.21. The summed E-state index contributed by atoms with van der Waals surface area (Å²) in [6.07, 6.45) is 0.260. The van der Waals surface area contributed by atoms with Crippen molar-refractivity contribution in [2.75, 3.05) is 19.6 Å². The molecule has 3 fully saturated rings. The van der Waals surface area contributed by atoms with Crippen LogP contribution in [0.2, 0.25) is 0 Å². The molecule has 1 amide bonds. The van der Waals surface area contributed by atoms with Crippen molar-refractivity contribution in [1.82, 2.24) is 10.2 Å². The number of hydrogen-bond donors (Lipinski definition) is 1. The van der Waals surface area contributed by atoms with E-state index in [1.165, 1.54) is 12.1 Å². The second kappa shape index (κ2) is 11.7. The molecule has 202 valence electrons. The van der Waals surface area contributed by atoms with Crippen LogP contribution in [0.15, 0.2) is 24.3 Å². The van der Waals surface area contributed by atoms with Gasteiger partial charge in [0.05, 0.1) is 12.1 Å². The highest BCUT2D eigenvalue weighted by molar-refractivity contribution is 5.79. The number of rotatable bonds is 7. The summed E-state index contributed by atoms with van der Waals surface area (Å²) in [5.74, 6) is 1.48. The van der Waals surface area contributed by atoms with Crippen LogP contribution in [0.3, 0.4) is 0 Å². The Morgan fingerprint density at radius 1 is 1.06 bits per heavy atom. The number of alkyl halides is 5. The van der Waals surface area contributed by atoms with Crippen LogP contribution in [0.25, 0.3) is 0 Å². The van der Waals surface area contributed by atoms with E-state index >= 15 is 0 Å². The van der Waals surface area contributed by atoms with Crippen LogP contribution in [0.4, 0.5) is 22.0 Å². The highest BCUT2D eigenvalue weighted by Crippen LogP contribution is 2.44. The van der Waals surface area contributed by atoms with Crippen LogP contribution < -0.4 is 10.1 Å². The number of hydrogen-bond acceptors (Lipinski definition) is 3. The number of likely N-dealkylation sites (tertiary alicyclic amines) is 1. The minimum atomic E-state index is -4.36. The molecule has 36 heavy (non-hydrogen) atoms. The van der Waals surface area contributed by atoms with E-state index in [1.54, 1.807) is 4.90 Å². The van der Waals surface area contributed by atoms with Crippen LogP contribution >= 0.6 is 0 Å². The molecule has 2 saturated carbocycles. The van der Waals surface area contributed by atoms with Gasteiger partial charge in [-0.05, 0) is 113 Å². The molecule has 1 N–H and O–H groups in total. The number of nitrogens with zero attached hydrogens (tertiary/aromatic N) is 1. The van der Waals surface area contributed by atoms with Crippen molar-refractivity contribution in [2.24, 2.45) is 23.7 Å². The largest absolute Gasteiger partial charge is 0.490 e. The van der Waals surface area contributed by atoms with Crippen molar-refractivity contribution < 1.29 is 31.5 Å². The molecule has 0 spiro atoms. The third-order valence-corrected chi connectivity index (χ3v) is 8.53. The predicted molar refractivity (Wildman–Crippen MR) is 127 cm³/mol. The van der Waals surface area contributed by atoms with Crippen molar-refractivity contribution in [3.05, 3.63) is 29.8 Å². The lowest BCUT2D eigenvalue weighted by Gasteiger charge is -2.43. The highest BCUT2D eigenvalue weighted by Gasteiger charge is 2.41. The van der Waals surface area contributed by atoms with Gasteiger partial charge in [0.1, 0.15) is 11.9 Å². The van der Waals surface area contributed by atoms with Gasteiger partial charge in [-0.2, -0.15) is 13.2 Å². The third-order valence-electron chi connectivity index (χ3n) is 8.53. The van der Waals surface area contributed by atoms with Gasteiger partial charge < -0.3 is 10.1 Å². The molecular weight excluding hydrogens is 479 g/mol. The molecule has 1 heterocycles. The first-order chi connectivity index (χ1) is 17.1. The summed E-state index contributed by atoms with van der Waals surface area (Å²) in [5.41, 5.74) is -0.684. The summed E-state index contributed by atoms with van der Waals surface area (Å²) in [4.78, 5) is 14.9. The standard InChI is InChI=1S/C27H37F5N2O2/c1-17(18-11-13-34(14-12-18)16-25(28)29)33-26(35)20-5-10-23-19(15-20)3-2-4-24(23)36-22-8-6-21(7-9-22)27(30,31)32/h6-9,17-20,23-25H,2-5,10-16H2,1H3,(H,33,35). The van der Waals surface area contributed by atoms with Crippen molar-refractivity contribution in [1.29, 1.82) is 0 Å². The van der Waals surface area contributed by atoms with Crippen molar-refractivity contribution in [3.63, 3.8) is 0 Å². The van der Waals surface area contributed by atoms with Crippen LogP contribution in [-0.2, 0) is 11.0 Å². The Morgan fingerprint density at radius 2 is 1.75 bits per heavy atom. The Morgan fingerprint density at radius 3 is 2.39 bits per heavy atom. The zero-order valence-electron chi connectivity index (χ0n) is 20.8. The lowest BCUT2D eigenvalue weighted by molar-refractivity contribution is -0.137. The minimum absolute atomic E-state index is 0.0195. The Bertz CT molecular complexity index is 855. The average Bonchev–Trinajstić information content (AvgIpc) is 2.83. The summed E-state index contributed by atoms with van der Waals surface area (Å²) in [6, 6.07) is 4.92. The molecule has 4 rings (SSSR count). The fourth-order valence-corrected chi connectivity index (χ4v) is 6.48. The van der Waals surface area contributed by atoms with Crippen molar-refractivity contribution in [2.45, 2.75) is 83.0 Å². The Hall–Kier alpha value is -1.90. The normalized spacial score (nSPS) is 29.0. The lowest BCUT2D eigenvalue weighted by Crippen LogP contribution is -2.48. The topological polar surface area (TPSA) is 41.6 Å². The zero-order chi connectivity index (χ0) is 25.9. The number of halogens is 5. The van der Waals surface area contributed by atoms with E-state index in [9.17, 15) is 26.7 Å². The van der Waals surface area contributed by atoms with Gasteiger partial charge in [0.2, 0.25) is 5.91 Å². The van der Waals surface area contributed by atoms with Crippen LogP contribution in [0.5, 0.6) is 5.75 Å². The van der Waals surface area contributed by atoms with Crippen LogP contribution in [-0.4, -0.2) is 49.0 Å². The van der Waals surface area contributed by atoms with E-state index in [-0.39, 0.29) is 30.5 Å². The van der Waals surface area contributed by atoms with Crippen LogP contribution in [0.1, 0.15) is 63.9 Å². The number of benzene rings is 1. The molecule has 0 aromatic heterocycles. The van der Waals surface area contributed by atoms with Crippen molar-refractivity contribution >= 4 is 5.91 Å². The summed E-state index contributed by atoms with van der Waals surface area (Å²) >= 11 is 0. The van der Waals surface area contributed by atoms with E-state index in [0.29, 0.717) is 36.6 Å². The number of carbonyl (C=O) groups excluding carboxylic acids is 1. The minimum Gasteiger partial charge on any atom is -0.490 e. The smallest absolute Gasteiger partial charge is 0.416 e. The zero-order valence-corrected chi connectivity index (χ0v) is 20.8. The third kappa shape index (κ3) is 6.90. The molecular formula is C27H37F5N2O2. The molecule has 9 heteroatoms. The van der Waals surface area contributed by atoms with Crippen LogP contribution in [0, 0.1) is 23.7 Å². The average molecular weight is 517 g/mol. The molecule has 1 aromatic carbocycles. The molecule has 1 aliphatic heterocycles.